The first-order chi connectivity index (χ1) is 8.93. The Morgan fingerprint density at radius 1 is 1.47 bits per heavy atom. The number of aryl methyl sites for hydroxylation is 1. The average molecular weight is 263 g/mol. The fourth-order valence-electron chi connectivity index (χ4n) is 2.53. The first-order valence-electron chi connectivity index (χ1n) is 6.59. The summed E-state index contributed by atoms with van der Waals surface area (Å²) in [7, 11) is 1.60. The molecule has 0 saturated carbocycles. The largest absolute Gasteiger partial charge is 0.496 e. The number of hydrogen-bond acceptors (Lipinski definition) is 3. The number of amides is 1. The van der Waals surface area contributed by atoms with Gasteiger partial charge in [-0.25, -0.2) is 0 Å². The van der Waals surface area contributed by atoms with Crippen molar-refractivity contribution < 1.29 is 14.6 Å². The lowest BCUT2D eigenvalue weighted by atomic mass is 9.94. The number of aliphatic hydroxyl groups is 1. The number of carbonyl (C=O) groups excluding carboxylic acids is 1. The minimum atomic E-state index is -0.775. The lowest BCUT2D eigenvalue weighted by molar-refractivity contribution is -0.0107. The van der Waals surface area contributed by atoms with Gasteiger partial charge in [-0.1, -0.05) is 6.07 Å². The van der Waals surface area contributed by atoms with Crippen molar-refractivity contribution in [3.63, 3.8) is 0 Å². The summed E-state index contributed by atoms with van der Waals surface area (Å²) in [4.78, 5) is 14.1. The molecule has 19 heavy (non-hydrogen) atoms. The van der Waals surface area contributed by atoms with E-state index in [0.29, 0.717) is 18.7 Å². The molecule has 1 aliphatic rings. The molecule has 1 heterocycles. The van der Waals surface area contributed by atoms with E-state index in [-0.39, 0.29) is 5.91 Å². The van der Waals surface area contributed by atoms with E-state index in [4.69, 9.17) is 4.74 Å². The minimum absolute atomic E-state index is 0.0433. The summed E-state index contributed by atoms with van der Waals surface area (Å²) in [6, 6.07) is 5.46. The molecule has 0 spiro atoms. The van der Waals surface area contributed by atoms with Gasteiger partial charge in [0.25, 0.3) is 5.91 Å². The number of ether oxygens (including phenoxy) is 1. The molecule has 0 aliphatic carbocycles. The van der Waals surface area contributed by atoms with Crippen molar-refractivity contribution in [1.82, 2.24) is 4.90 Å². The fourth-order valence-corrected chi connectivity index (χ4v) is 2.53. The topological polar surface area (TPSA) is 49.8 Å². The molecule has 1 aromatic rings. The van der Waals surface area contributed by atoms with E-state index in [1.165, 1.54) is 0 Å². The van der Waals surface area contributed by atoms with Crippen LogP contribution in [0.3, 0.4) is 0 Å². The molecule has 4 nitrogen and oxygen atoms in total. The Hall–Kier alpha value is -1.55. The first kappa shape index (κ1) is 13.9. The van der Waals surface area contributed by atoms with Crippen LogP contribution < -0.4 is 4.74 Å². The molecule has 1 amide bonds. The van der Waals surface area contributed by atoms with E-state index in [1.807, 2.05) is 19.1 Å². The second kappa shape index (κ2) is 5.21. The van der Waals surface area contributed by atoms with E-state index in [1.54, 1.807) is 25.0 Å². The normalized spacial score (nSPS) is 23.3. The van der Waals surface area contributed by atoms with Crippen LogP contribution in [0.5, 0.6) is 5.75 Å². The monoisotopic (exact) mass is 263 g/mol. The minimum Gasteiger partial charge on any atom is -0.496 e. The average Bonchev–Trinajstić information content (AvgIpc) is 2.37. The number of rotatable bonds is 2. The summed E-state index contributed by atoms with van der Waals surface area (Å²) in [5, 5.41) is 10.1. The highest BCUT2D eigenvalue weighted by molar-refractivity contribution is 5.94. The Labute approximate surface area is 114 Å². The number of nitrogens with zero attached hydrogens (tertiary/aromatic N) is 1. The van der Waals surface area contributed by atoms with Crippen molar-refractivity contribution in [2.75, 3.05) is 20.2 Å². The van der Waals surface area contributed by atoms with Gasteiger partial charge in [0.05, 0.1) is 12.7 Å². The molecule has 1 aromatic carbocycles. The summed E-state index contributed by atoms with van der Waals surface area (Å²) in [5.74, 6) is 0.674. The van der Waals surface area contributed by atoms with Crippen molar-refractivity contribution >= 4 is 5.91 Å². The number of carbonyl (C=O) groups is 1. The van der Waals surface area contributed by atoms with Gasteiger partial charge in [-0.3, -0.25) is 4.79 Å². The van der Waals surface area contributed by atoms with Gasteiger partial charge in [0.2, 0.25) is 0 Å². The smallest absolute Gasteiger partial charge is 0.254 e. The molecule has 0 bridgehead atoms. The van der Waals surface area contributed by atoms with Crippen molar-refractivity contribution in [2.45, 2.75) is 32.3 Å². The van der Waals surface area contributed by atoms with E-state index in [9.17, 15) is 9.90 Å². The Bertz CT molecular complexity index is 482. The third-order valence-electron chi connectivity index (χ3n) is 3.62. The molecule has 1 saturated heterocycles. The fraction of sp³-hybridized carbons (Fsp3) is 0.533. The summed E-state index contributed by atoms with van der Waals surface area (Å²) in [5.41, 5.74) is 0.840. The molecular formula is C15H21NO3. The number of hydrogen-bond donors (Lipinski definition) is 1. The SMILES string of the molecule is COc1cc(C(=O)N2CCCC(C)(O)C2)ccc1C. The van der Waals surface area contributed by atoms with Crippen LogP contribution in [0.1, 0.15) is 35.7 Å². The van der Waals surface area contributed by atoms with E-state index >= 15 is 0 Å². The molecule has 4 heteroatoms. The van der Waals surface area contributed by atoms with Gasteiger partial charge in [-0.05, 0) is 44.4 Å². The zero-order valence-corrected chi connectivity index (χ0v) is 11.8. The van der Waals surface area contributed by atoms with Gasteiger partial charge in [-0.2, -0.15) is 0 Å². The van der Waals surface area contributed by atoms with Gasteiger partial charge in [0.15, 0.2) is 0 Å². The van der Waals surface area contributed by atoms with Crippen LogP contribution in [0.15, 0.2) is 18.2 Å². The molecule has 104 valence electrons. The van der Waals surface area contributed by atoms with Crippen LogP contribution in [0.4, 0.5) is 0 Å². The van der Waals surface area contributed by atoms with Gasteiger partial charge in [-0.15, -0.1) is 0 Å². The van der Waals surface area contributed by atoms with Crippen LogP contribution in [0.2, 0.25) is 0 Å². The molecule has 1 fully saturated rings. The van der Waals surface area contributed by atoms with E-state index in [0.717, 1.165) is 24.2 Å². The molecular weight excluding hydrogens is 242 g/mol. The summed E-state index contributed by atoms with van der Waals surface area (Å²) >= 11 is 0. The van der Waals surface area contributed by atoms with Crippen molar-refractivity contribution in [2.24, 2.45) is 0 Å². The molecule has 2 rings (SSSR count). The molecule has 0 radical (unpaired) electrons. The summed E-state index contributed by atoms with van der Waals surface area (Å²) in [6.07, 6.45) is 1.58. The molecule has 1 unspecified atom stereocenters. The highest BCUT2D eigenvalue weighted by Crippen LogP contribution is 2.24. The Kier molecular flexibility index (Phi) is 3.80. The lowest BCUT2D eigenvalue weighted by Gasteiger charge is -2.36. The lowest BCUT2D eigenvalue weighted by Crippen LogP contribution is -2.48. The standard InChI is InChI=1S/C15H21NO3/c1-11-5-6-12(9-13(11)19-3)14(17)16-8-4-7-15(2,18)10-16/h5-6,9,18H,4,7-8,10H2,1-3H3. The molecule has 1 atom stereocenters. The predicted molar refractivity (Wildman–Crippen MR) is 73.5 cm³/mol. The quantitative estimate of drug-likeness (QED) is 0.887. The van der Waals surface area contributed by atoms with Crippen LogP contribution in [-0.2, 0) is 0 Å². The number of piperidine rings is 1. The van der Waals surface area contributed by atoms with Gasteiger partial charge in [0, 0.05) is 18.7 Å². The van der Waals surface area contributed by atoms with Crippen molar-refractivity contribution in [3.8, 4) is 5.75 Å². The Morgan fingerprint density at radius 2 is 2.21 bits per heavy atom. The highest BCUT2D eigenvalue weighted by atomic mass is 16.5. The van der Waals surface area contributed by atoms with E-state index in [2.05, 4.69) is 0 Å². The van der Waals surface area contributed by atoms with Crippen LogP contribution in [0.25, 0.3) is 0 Å². The maximum Gasteiger partial charge on any atom is 0.254 e. The van der Waals surface area contributed by atoms with Crippen LogP contribution >= 0.6 is 0 Å². The first-order valence-corrected chi connectivity index (χ1v) is 6.59. The third-order valence-corrected chi connectivity index (χ3v) is 3.62. The second-order valence-electron chi connectivity index (χ2n) is 5.51. The summed E-state index contributed by atoms with van der Waals surface area (Å²) in [6.45, 7) is 4.81. The summed E-state index contributed by atoms with van der Waals surface area (Å²) < 4.78 is 5.24. The van der Waals surface area contributed by atoms with Gasteiger partial charge < -0.3 is 14.7 Å². The number of likely N-dealkylation sites (tertiary alicyclic amines) is 1. The zero-order chi connectivity index (χ0) is 14.0. The predicted octanol–water partition coefficient (Wildman–Crippen LogP) is 1.99. The van der Waals surface area contributed by atoms with E-state index < -0.39 is 5.60 Å². The molecule has 1 N–H and O–H groups in total. The Morgan fingerprint density at radius 3 is 2.84 bits per heavy atom. The Balaban J connectivity index is 2.19. The molecule has 0 aromatic heterocycles. The number of methoxy groups -OCH3 is 1. The molecule has 1 aliphatic heterocycles. The highest BCUT2D eigenvalue weighted by Gasteiger charge is 2.31. The van der Waals surface area contributed by atoms with Gasteiger partial charge >= 0.3 is 0 Å². The maximum atomic E-state index is 12.4. The van der Waals surface area contributed by atoms with Gasteiger partial charge in [0.1, 0.15) is 5.75 Å². The maximum absolute atomic E-state index is 12.4. The second-order valence-corrected chi connectivity index (χ2v) is 5.51. The zero-order valence-electron chi connectivity index (χ0n) is 11.8. The van der Waals surface area contributed by atoms with Crippen LogP contribution in [0, 0.1) is 6.92 Å². The van der Waals surface area contributed by atoms with Crippen molar-refractivity contribution in [1.29, 1.82) is 0 Å². The van der Waals surface area contributed by atoms with Crippen molar-refractivity contribution in [3.05, 3.63) is 29.3 Å². The van der Waals surface area contributed by atoms with Crippen LogP contribution in [-0.4, -0.2) is 41.7 Å². The number of β-amino-alcohol motifs (C(OH)–C–C–N with tert-alkyl or cyclic N) is 1. The number of benzene rings is 1. The third kappa shape index (κ3) is 3.07.